The summed E-state index contributed by atoms with van der Waals surface area (Å²) in [6.07, 6.45) is 2.80. The molecule has 0 saturated heterocycles. The van der Waals surface area contributed by atoms with Crippen molar-refractivity contribution in [1.29, 1.82) is 5.26 Å². The molecule has 0 radical (unpaired) electrons. The largest absolute Gasteiger partial charge is 0.478 e. The summed E-state index contributed by atoms with van der Waals surface area (Å²) in [7, 11) is 0. The SMILES string of the molecule is Cc1ccc(Nc2ncnn3cc(C(=O)O)c(C)c23)cc1C#N. The van der Waals surface area contributed by atoms with Gasteiger partial charge in [-0.3, -0.25) is 0 Å². The van der Waals surface area contributed by atoms with Crippen LogP contribution < -0.4 is 5.32 Å². The molecule has 2 aromatic heterocycles. The molecule has 3 aromatic rings. The second-order valence-electron chi connectivity index (χ2n) is 5.14. The lowest BCUT2D eigenvalue weighted by Crippen LogP contribution is -2.00. The van der Waals surface area contributed by atoms with Gasteiger partial charge in [0.2, 0.25) is 0 Å². The highest BCUT2D eigenvalue weighted by Crippen LogP contribution is 2.26. The Hall–Kier alpha value is -3.40. The number of nitriles is 1. The second-order valence-corrected chi connectivity index (χ2v) is 5.14. The average molecular weight is 307 g/mol. The van der Waals surface area contributed by atoms with Gasteiger partial charge < -0.3 is 10.4 Å². The molecule has 23 heavy (non-hydrogen) atoms. The maximum Gasteiger partial charge on any atom is 0.337 e. The van der Waals surface area contributed by atoms with Crippen molar-refractivity contribution in [2.45, 2.75) is 13.8 Å². The van der Waals surface area contributed by atoms with Crippen molar-refractivity contribution in [3.8, 4) is 6.07 Å². The highest BCUT2D eigenvalue weighted by molar-refractivity contribution is 5.94. The lowest BCUT2D eigenvalue weighted by atomic mass is 10.1. The zero-order chi connectivity index (χ0) is 16.6. The smallest absolute Gasteiger partial charge is 0.337 e. The Labute approximate surface area is 131 Å². The van der Waals surface area contributed by atoms with Crippen molar-refractivity contribution < 1.29 is 9.90 Å². The van der Waals surface area contributed by atoms with Crippen LogP contribution in [0.2, 0.25) is 0 Å². The third kappa shape index (κ3) is 2.46. The topological polar surface area (TPSA) is 103 Å². The van der Waals surface area contributed by atoms with Crippen LogP contribution in [0.3, 0.4) is 0 Å². The van der Waals surface area contributed by atoms with E-state index in [2.05, 4.69) is 21.5 Å². The number of fused-ring (bicyclic) bond motifs is 1. The first-order chi connectivity index (χ1) is 11.0. The number of nitrogens with one attached hydrogen (secondary N) is 1. The number of hydrogen-bond donors (Lipinski definition) is 2. The summed E-state index contributed by atoms with van der Waals surface area (Å²) in [6, 6.07) is 7.54. The van der Waals surface area contributed by atoms with Crippen LogP contribution in [0.15, 0.2) is 30.7 Å². The van der Waals surface area contributed by atoms with Gasteiger partial charge in [-0.25, -0.2) is 14.3 Å². The third-order valence-corrected chi connectivity index (χ3v) is 3.68. The summed E-state index contributed by atoms with van der Waals surface area (Å²) in [5.74, 6) is -0.529. The van der Waals surface area contributed by atoms with E-state index < -0.39 is 5.97 Å². The second kappa shape index (κ2) is 5.42. The van der Waals surface area contributed by atoms with Crippen LogP contribution in [0.1, 0.15) is 27.0 Å². The van der Waals surface area contributed by atoms with Crippen molar-refractivity contribution in [2.75, 3.05) is 5.32 Å². The van der Waals surface area contributed by atoms with E-state index in [0.29, 0.717) is 28.1 Å². The van der Waals surface area contributed by atoms with Crippen molar-refractivity contribution in [3.05, 3.63) is 53.0 Å². The van der Waals surface area contributed by atoms with Crippen LogP contribution in [0, 0.1) is 25.2 Å². The van der Waals surface area contributed by atoms with Crippen LogP contribution in [-0.4, -0.2) is 25.7 Å². The number of carboxylic acids is 1. The minimum atomic E-state index is -1.01. The molecule has 1 aromatic carbocycles. The maximum absolute atomic E-state index is 11.3. The van der Waals surface area contributed by atoms with Gasteiger partial charge in [0.1, 0.15) is 11.8 Å². The molecule has 2 N–H and O–H groups in total. The van der Waals surface area contributed by atoms with Gasteiger partial charge in [0.25, 0.3) is 0 Å². The molecule has 0 amide bonds. The molecule has 0 atom stereocenters. The summed E-state index contributed by atoms with van der Waals surface area (Å²) in [5, 5.41) is 25.5. The summed E-state index contributed by atoms with van der Waals surface area (Å²) in [4.78, 5) is 15.5. The molecule has 3 rings (SSSR count). The number of anilines is 2. The highest BCUT2D eigenvalue weighted by atomic mass is 16.4. The fraction of sp³-hybridized carbons (Fsp3) is 0.125. The molecule has 114 valence electrons. The molecule has 0 saturated carbocycles. The molecule has 0 aliphatic carbocycles. The van der Waals surface area contributed by atoms with Gasteiger partial charge in [-0.05, 0) is 37.1 Å². The fourth-order valence-electron chi connectivity index (χ4n) is 2.42. The van der Waals surface area contributed by atoms with Crippen molar-refractivity contribution >= 4 is 23.0 Å². The van der Waals surface area contributed by atoms with Crippen LogP contribution in [0.5, 0.6) is 0 Å². The van der Waals surface area contributed by atoms with Gasteiger partial charge in [0, 0.05) is 11.9 Å². The van der Waals surface area contributed by atoms with Crippen molar-refractivity contribution in [2.24, 2.45) is 0 Å². The standard InChI is InChI=1S/C16H13N5O2/c1-9-3-4-12(5-11(9)6-17)20-15-14-10(2)13(16(22)23)7-21(14)19-8-18-15/h3-5,7-8H,1-2H3,(H,22,23)(H,18,19,20). The fourth-order valence-corrected chi connectivity index (χ4v) is 2.42. The first kappa shape index (κ1) is 14.5. The van der Waals surface area contributed by atoms with Crippen LogP contribution in [0.4, 0.5) is 11.5 Å². The zero-order valence-corrected chi connectivity index (χ0v) is 12.5. The third-order valence-electron chi connectivity index (χ3n) is 3.68. The molecular weight excluding hydrogens is 294 g/mol. The van der Waals surface area contributed by atoms with E-state index in [1.165, 1.54) is 17.0 Å². The Morgan fingerprint density at radius 2 is 2.17 bits per heavy atom. The van der Waals surface area contributed by atoms with E-state index in [1.807, 2.05) is 19.1 Å². The number of aromatic carboxylic acids is 1. The van der Waals surface area contributed by atoms with Crippen molar-refractivity contribution in [3.63, 3.8) is 0 Å². The lowest BCUT2D eigenvalue weighted by molar-refractivity contribution is 0.0696. The number of carbonyl (C=O) groups is 1. The minimum absolute atomic E-state index is 0.176. The van der Waals surface area contributed by atoms with Crippen molar-refractivity contribution in [1.82, 2.24) is 14.6 Å². The normalized spacial score (nSPS) is 10.5. The molecule has 0 unspecified atom stereocenters. The Morgan fingerprint density at radius 1 is 1.39 bits per heavy atom. The number of hydrogen-bond acceptors (Lipinski definition) is 5. The number of nitrogens with zero attached hydrogens (tertiary/aromatic N) is 4. The molecule has 2 heterocycles. The van der Waals surface area contributed by atoms with Gasteiger partial charge in [0.15, 0.2) is 5.82 Å². The highest BCUT2D eigenvalue weighted by Gasteiger charge is 2.17. The van der Waals surface area contributed by atoms with E-state index in [1.54, 1.807) is 13.0 Å². The first-order valence-electron chi connectivity index (χ1n) is 6.85. The number of aromatic nitrogens is 3. The predicted octanol–water partition coefficient (Wildman–Crippen LogP) is 2.66. The summed E-state index contributed by atoms with van der Waals surface area (Å²) in [5.41, 5.74) is 3.49. The predicted molar refractivity (Wildman–Crippen MR) is 83.9 cm³/mol. The van der Waals surface area contributed by atoms with Gasteiger partial charge >= 0.3 is 5.97 Å². The monoisotopic (exact) mass is 307 g/mol. The molecule has 0 aliphatic heterocycles. The number of carboxylic acid groups (broad SMARTS) is 1. The molecule has 7 heteroatoms. The minimum Gasteiger partial charge on any atom is -0.478 e. The lowest BCUT2D eigenvalue weighted by Gasteiger charge is -2.09. The summed E-state index contributed by atoms with van der Waals surface area (Å²) >= 11 is 0. The Morgan fingerprint density at radius 3 is 2.87 bits per heavy atom. The molecule has 0 aliphatic rings. The van der Waals surface area contributed by atoms with E-state index in [-0.39, 0.29) is 5.56 Å². The maximum atomic E-state index is 11.3. The van der Waals surface area contributed by atoms with Crippen LogP contribution in [-0.2, 0) is 0 Å². The van der Waals surface area contributed by atoms with E-state index in [9.17, 15) is 9.90 Å². The average Bonchev–Trinajstić information content (AvgIpc) is 2.87. The van der Waals surface area contributed by atoms with E-state index in [4.69, 9.17) is 5.26 Å². The molecule has 7 nitrogen and oxygen atoms in total. The summed E-state index contributed by atoms with van der Waals surface area (Å²) in [6.45, 7) is 3.57. The zero-order valence-electron chi connectivity index (χ0n) is 12.5. The Balaban J connectivity index is 2.10. The Bertz CT molecular complexity index is 968. The number of benzene rings is 1. The van der Waals surface area contributed by atoms with Gasteiger partial charge in [-0.1, -0.05) is 6.07 Å². The summed E-state index contributed by atoms with van der Waals surface area (Å²) < 4.78 is 1.48. The van der Waals surface area contributed by atoms with Crippen LogP contribution >= 0.6 is 0 Å². The first-order valence-corrected chi connectivity index (χ1v) is 6.85. The number of aryl methyl sites for hydroxylation is 2. The van der Waals surface area contributed by atoms with Gasteiger partial charge in [-0.15, -0.1) is 0 Å². The Kier molecular flexibility index (Phi) is 3.43. The van der Waals surface area contributed by atoms with Crippen LogP contribution in [0.25, 0.3) is 5.52 Å². The molecular formula is C16H13N5O2. The quantitative estimate of drug-likeness (QED) is 0.771. The van der Waals surface area contributed by atoms with Gasteiger partial charge in [-0.2, -0.15) is 10.4 Å². The molecule has 0 bridgehead atoms. The molecule has 0 fully saturated rings. The van der Waals surface area contributed by atoms with Gasteiger partial charge in [0.05, 0.1) is 17.2 Å². The van der Waals surface area contributed by atoms with E-state index >= 15 is 0 Å². The molecule has 0 spiro atoms. The van der Waals surface area contributed by atoms with E-state index in [0.717, 1.165) is 5.56 Å². The number of rotatable bonds is 3.